The summed E-state index contributed by atoms with van der Waals surface area (Å²) in [5, 5.41) is 11.7. The number of likely N-dealkylation sites (tertiary alicyclic amines) is 1. The average Bonchev–Trinajstić information content (AvgIpc) is 2.82. The molecule has 0 N–H and O–H groups in total. The van der Waals surface area contributed by atoms with Gasteiger partial charge in [0.1, 0.15) is 17.5 Å². The van der Waals surface area contributed by atoms with Gasteiger partial charge in [-0.2, -0.15) is 0 Å². The highest BCUT2D eigenvalue weighted by molar-refractivity contribution is 5.51. The minimum absolute atomic E-state index is 0.112. The van der Waals surface area contributed by atoms with Crippen LogP contribution in [0.15, 0.2) is 78.9 Å². The molecule has 3 aromatic rings. The Labute approximate surface area is 182 Å². The van der Waals surface area contributed by atoms with Crippen molar-refractivity contribution < 1.29 is 9.66 Å². The summed E-state index contributed by atoms with van der Waals surface area (Å²) in [6.45, 7) is 1.76. The number of piperidine rings is 1. The molecule has 0 aliphatic carbocycles. The van der Waals surface area contributed by atoms with Gasteiger partial charge in [0.15, 0.2) is 0 Å². The molecule has 156 valence electrons. The van der Waals surface area contributed by atoms with Crippen molar-refractivity contribution in [2.45, 2.75) is 25.3 Å². The summed E-state index contributed by atoms with van der Waals surface area (Å²) in [5.74, 6) is 8.00. The first-order chi connectivity index (χ1) is 15.2. The fraction of sp³-hybridized carbons (Fsp3) is 0.231. The maximum atomic E-state index is 11.7. The molecule has 0 saturated carbocycles. The molecule has 4 rings (SSSR count). The summed E-state index contributed by atoms with van der Waals surface area (Å²) >= 11 is 0. The molecule has 0 spiro atoms. The standard InChI is InChI=1S/C26H24N2O3/c29-28(30)25-15-7-6-14-23(25)24(27-19-9-2-10-20-27)18-17-21-11-5-8-16-26(21)31-22-12-3-1-4-13-22/h1,3-8,11-16,24H,2,9-10,19-20H2. The van der Waals surface area contributed by atoms with Crippen LogP contribution in [0, 0.1) is 22.0 Å². The molecule has 1 aliphatic rings. The molecule has 5 nitrogen and oxygen atoms in total. The van der Waals surface area contributed by atoms with E-state index < -0.39 is 0 Å². The Hall–Kier alpha value is -3.62. The summed E-state index contributed by atoms with van der Waals surface area (Å²) < 4.78 is 6.03. The lowest BCUT2D eigenvalue weighted by Crippen LogP contribution is -2.33. The second-order valence-corrected chi connectivity index (χ2v) is 7.50. The third-order valence-corrected chi connectivity index (χ3v) is 5.39. The fourth-order valence-electron chi connectivity index (χ4n) is 3.85. The van der Waals surface area contributed by atoms with Crippen LogP contribution in [0.5, 0.6) is 11.5 Å². The van der Waals surface area contributed by atoms with Crippen molar-refractivity contribution in [3.05, 3.63) is 100 Å². The highest BCUT2D eigenvalue weighted by Crippen LogP contribution is 2.31. The minimum atomic E-state index is -0.341. The number of hydrogen-bond donors (Lipinski definition) is 0. The number of benzene rings is 3. The van der Waals surface area contributed by atoms with E-state index in [0.717, 1.165) is 37.2 Å². The quantitative estimate of drug-likeness (QED) is 0.294. The van der Waals surface area contributed by atoms with E-state index in [2.05, 4.69) is 16.7 Å². The third-order valence-electron chi connectivity index (χ3n) is 5.39. The first-order valence-corrected chi connectivity index (χ1v) is 10.5. The highest BCUT2D eigenvalue weighted by Gasteiger charge is 2.26. The smallest absolute Gasteiger partial charge is 0.275 e. The number of hydrogen-bond acceptors (Lipinski definition) is 4. The lowest BCUT2D eigenvalue weighted by Gasteiger charge is -2.31. The van der Waals surface area contributed by atoms with Crippen LogP contribution in [0.1, 0.15) is 36.4 Å². The van der Waals surface area contributed by atoms with E-state index in [1.165, 1.54) is 6.42 Å². The summed E-state index contributed by atoms with van der Waals surface area (Å²) in [4.78, 5) is 13.6. The SMILES string of the molecule is O=[N+]([O-])c1ccccc1C(C#Cc1ccccc1Oc1ccccc1)N1CCCCC1. The zero-order chi connectivity index (χ0) is 21.5. The highest BCUT2D eigenvalue weighted by atomic mass is 16.6. The molecule has 5 heteroatoms. The molecule has 1 aliphatic heterocycles. The first-order valence-electron chi connectivity index (χ1n) is 10.5. The largest absolute Gasteiger partial charge is 0.456 e. The van der Waals surface area contributed by atoms with Gasteiger partial charge in [-0.25, -0.2) is 0 Å². The molecule has 0 radical (unpaired) electrons. The number of nitro benzene ring substituents is 1. The zero-order valence-corrected chi connectivity index (χ0v) is 17.2. The minimum Gasteiger partial charge on any atom is -0.456 e. The van der Waals surface area contributed by atoms with Crippen molar-refractivity contribution in [3.8, 4) is 23.3 Å². The van der Waals surface area contributed by atoms with Crippen molar-refractivity contribution in [2.24, 2.45) is 0 Å². The molecule has 1 atom stereocenters. The first kappa shape index (κ1) is 20.6. The Morgan fingerprint density at radius 1 is 0.871 bits per heavy atom. The van der Waals surface area contributed by atoms with Crippen LogP contribution in [0.4, 0.5) is 5.69 Å². The molecule has 1 unspecified atom stereocenters. The van der Waals surface area contributed by atoms with Crippen LogP contribution in [-0.2, 0) is 0 Å². The second kappa shape index (κ2) is 9.92. The van der Waals surface area contributed by atoms with E-state index >= 15 is 0 Å². The summed E-state index contributed by atoms with van der Waals surface area (Å²) in [7, 11) is 0. The number of rotatable bonds is 5. The van der Waals surface area contributed by atoms with E-state index in [9.17, 15) is 10.1 Å². The maximum absolute atomic E-state index is 11.7. The Morgan fingerprint density at radius 2 is 1.55 bits per heavy atom. The maximum Gasteiger partial charge on any atom is 0.275 e. The molecule has 1 saturated heterocycles. The summed E-state index contributed by atoms with van der Waals surface area (Å²) in [5.41, 5.74) is 1.51. The lowest BCUT2D eigenvalue weighted by molar-refractivity contribution is -0.385. The molecule has 1 fully saturated rings. The average molecular weight is 412 g/mol. The normalized spacial score (nSPS) is 14.8. The fourth-order valence-corrected chi connectivity index (χ4v) is 3.85. The predicted molar refractivity (Wildman–Crippen MR) is 121 cm³/mol. The van der Waals surface area contributed by atoms with Gasteiger partial charge in [0.2, 0.25) is 0 Å². The predicted octanol–water partition coefficient (Wildman–Crippen LogP) is 5.97. The van der Waals surface area contributed by atoms with E-state index in [-0.39, 0.29) is 16.7 Å². The van der Waals surface area contributed by atoms with Crippen LogP contribution >= 0.6 is 0 Å². The topological polar surface area (TPSA) is 55.6 Å². The second-order valence-electron chi connectivity index (χ2n) is 7.50. The molecule has 0 bridgehead atoms. The Kier molecular flexibility index (Phi) is 6.61. The Morgan fingerprint density at radius 3 is 2.32 bits per heavy atom. The van der Waals surface area contributed by atoms with Gasteiger partial charge in [0, 0.05) is 6.07 Å². The van der Waals surface area contributed by atoms with Crippen LogP contribution in [0.25, 0.3) is 0 Å². The van der Waals surface area contributed by atoms with Gasteiger partial charge in [-0.1, -0.05) is 60.7 Å². The van der Waals surface area contributed by atoms with Gasteiger partial charge in [0.25, 0.3) is 5.69 Å². The van der Waals surface area contributed by atoms with Crippen molar-refractivity contribution in [1.29, 1.82) is 0 Å². The van der Waals surface area contributed by atoms with Gasteiger partial charge < -0.3 is 4.74 Å². The van der Waals surface area contributed by atoms with Gasteiger partial charge in [-0.15, -0.1) is 0 Å². The van der Waals surface area contributed by atoms with Crippen molar-refractivity contribution in [1.82, 2.24) is 4.90 Å². The van der Waals surface area contributed by atoms with Crippen molar-refractivity contribution >= 4 is 5.69 Å². The monoisotopic (exact) mass is 412 g/mol. The molecule has 1 heterocycles. The van der Waals surface area contributed by atoms with Gasteiger partial charge >= 0.3 is 0 Å². The molecular weight excluding hydrogens is 388 g/mol. The molecular formula is C26H24N2O3. The molecule has 0 aromatic heterocycles. The van der Waals surface area contributed by atoms with Crippen molar-refractivity contribution in [3.63, 3.8) is 0 Å². The third kappa shape index (κ3) is 5.11. The zero-order valence-electron chi connectivity index (χ0n) is 17.2. The van der Waals surface area contributed by atoms with E-state index in [1.807, 2.05) is 66.7 Å². The van der Waals surface area contributed by atoms with E-state index in [0.29, 0.717) is 11.3 Å². The van der Waals surface area contributed by atoms with Crippen molar-refractivity contribution in [2.75, 3.05) is 13.1 Å². The number of nitrogens with zero attached hydrogens (tertiary/aromatic N) is 2. The van der Waals surface area contributed by atoms with Crippen LogP contribution < -0.4 is 4.74 Å². The molecule has 3 aromatic carbocycles. The summed E-state index contributed by atoms with van der Waals surface area (Å²) in [6.07, 6.45) is 3.33. The van der Waals surface area contributed by atoms with E-state index in [4.69, 9.17) is 4.74 Å². The van der Waals surface area contributed by atoms with Gasteiger partial charge in [-0.05, 0) is 56.3 Å². The van der Waals surface area contributed by atoms with Crippen LogP contribution in [-0.4, -0.2) is 22.9 Å². The molecule has 0 amide bonds. The number of nitro groups is 1. The lowest BCUT2D eigenvalue weighted by atomic mass is 10.00. The number of para-hydroxylation sites is 3. The van der Waals surface area contributed by atoms with Crippen LogP contribution in [0.2, 0.25) is 0 Å². The number of ether oxygens (including phenoxy) is 1. The Bertz CT molecular complexity index is 1100. The Balaban J connectivity index is 1.71. The van der Waals surface area contributed by atoms with Gasteiger partial charge in [0.05, 0.1) is 16.1 Å². The van der Waals surface area contributed by atoms with E-state index in [1.54, 1.807) is 12.1 Å². The molecule has 31 heavy (non-hydrogen) atoms. The summed E-state index contributed by atoms with van der Waals surface area (Å²) in [6, 6.07) is 23.8. The van der Waals surface area contributed by atoms with Gasteiger partial charge in [-0.3, -0.25) is 15.0 Å². The van der Waals surface area contributed by atoms with Crippen LogP contribution in [0.3, 0.4) is 0 Å².